The van der Waals surface area contributed by atoms with Crippen LogP contribution in [0.15, 0.2) is 0 Å². The van der Waals surface area contributed by atoms with Crippen LogP contribution in [-0.2, 0) is 4.43 Å². The summed E-state index contributed by atoms with van der Waals surface area (Å²) in [5.41, 5.74) is 0. The maximum absolute atomic E-state index is 8.66. The highest BCUT2D eigenvalue weighted by Crippen LogP contribution is 1.97. The Hall–Kier alpha value is 0.274. The van der Waals surface area contributed by atoms with Crippen LogP contribution in [0, 0.1) is 0 Å². The van der Waals surface area contributed by atoms with Crippen LogP contribution in [0.5, 0.6) is 0 Å². The van der Waals surface area contributed by atoms with Gasteiger partial charge in [-0.05, 0) is 39.3 Å². The maximum Gasteiger partial charge on any atom is 1.00 e. The second-order valence-corrected chi connectivity index (χ2v) is 13.5. The summed E-state index contributed by atoms with van der Waals surface area (Å²) in [6.07, 6.45) is 0. The van der Waals surface area contributed by atoms with Crippen molar-refractivity contribution in [2.75, 3.05) is 14.2 Å². The Labute approximate surface area is 92.0 Å². The molecule has 0 saturated heterocycles. The molecule has 14 heavy (non-hydrogen) atoms. The SMILES string of the molecule is CO.CO[Si](C)(C)C.C[Si](C)(C)O.O.[H+]. The van der Waals surface area contributed by atoms with Crippen LogP contribution < -0.4 is 0 Å². The van der Waals surface area contributed by atoms with E-state index in [0.29, 0.717) is 0 Å². The number of aliphatic hydroxyl groups excluding tert-OH is 1. The molecule has 0 fully saturated rings. The van der Waals surface area contributed by atoms with Crippen molar-refractivity contribution in [1.29, 1.82) is 0 Å². The first-order valence-corrected chi connectivity index (χ1v) is 11.1. The third kappa shape index (κ3) is 146. The van der Waals surface area contributed by atoms with Crippen LogP contribution in [0.2, 0.25) is 39.3 Å². The fraction of sp³-hybridized carbons (Fsp3) is 1.00. The van der Waals surface area contributed by atoms with Gasteiger partial charge in [-0.1, -0.05) is 0 Å². The topological polar surface area (TPSA) is 81.2 Å². The summed E-state index contributed by atoms with van der Waals surface area (Å²) in [6, 6.07) is 0. The van der Waals surface area contributed by atoms with Gasteiger partial charge in [0.25, 0.3) is 0 Å². The molecule has 0 aromatic heterocycles. The first kappa shape index (κ1) is 23.8. The van der Waals surface area contributed by atoms with E-state index in [9.17, 15) is 0 Å². The fourth-order valence-corrected chi connectivity index (χ4v) is 0. The Balaban J connectivity index is -0.0000000344. The lowest BCUT2D eigenvalue weighted by Crippen LogP contribution is -2.22. The Morgan fingerprint density at radius 1 is 0.929 bits per heavy atom. The predicted octanol–water partition coefficient (Wildman–Crippen LogP) is 1.18. The first-order chi connectivity index (χ1) is 5.56. The highest BCUT2D eigenvalue weighted by atomic mass is 28.4. The second-order valence-electron chi connectivity index (χ2n) is 4.49. The summed E-state index contributed by atoms with van der Waals surface area (Å²) in [4.78, 5) is 8.66. The van der Waals surface area contributed by atoms with E-state index in [1.54, 1.807) is 7.11 Å². The molecule has 0 amide bonds. The molecule has 6 heteroatoms. The number of aliphatic hydroxyl groups is 1. The van der Waals surface area contributed by atoms with Gasteiger partial charge in [0.05, 0.1) is 0 Å². The lowest BCUT2D eigenvalue weighted by molar-refractivity contribution is 0.399. The molecule has 0 aliphatic heterocycles. The highest BCUT2D eigenvalue weighted by Gasteiger charge is 2.09. The summed E-state index contributed by atoms with van der Waals surface area (Å²) < 4.78 is 5.08. The third-order valence-corrected chi connectivity index (χ3v) is 1.84. The second kappa shape index (κ2) is 11.3. The molecule has 0 rings (SSSR count). The van der Waals surface area contributed by atoms with Crippen LogP contribution in [0.1, 0.15) is 1.43 Å². The van der Waals surface area contributed by atoms with Crippen molar-refractivity contribution in [2.45, 2.75) is 39.3 Å². The molecule has 0 aromatic rings. The summed E-state index contributed by atoms with van der Waals surface area (Å²) in [6.45, 7) is 12.1. The lowest BCUT2D eigenvalue weighted by Gasteiger charge is -2.10. The van der Waals surface area contributed by atoms with Crippen molar-refractivity contribution in [3.05, 3.63) is 0 Å². The van der Waals surface area contributed by atoms with Gasteiger partial charge in [0.2, 0.25) is 0 Å². The van der Waals surface area contributed by atoms with E-state index in [-0.39, 0.29) is 6.90 Å². The van der Waals surface area contributed by atoms with Crippen LogP contribution in [0.3, 0.4) is 0 Å². The van der Waals surface area contributed by atoms with E-state index in [4.69, 9.17) is 14.3 Å². The van der Waals surface area contributed by atoms with E-state index < -0.39 is 16.6 Å². The van der Waals surface area contributed by atoms with Gasteiger partial charge >= 0.3 is 1.43 Å². The van der Waals surface area contributed by atoms with Gasteiger partial charge in [-0.3, -0.25) is 0 Å². The average molecular weight is 245 g/mol. The van der Waals surface area contributed by atoms with Gasteiger partial charge in [-0.15, -0.1) is 0 Å². The largest absolute Gasteiger partial charge is 1.00 e. The highest BCUT2D eigenvalue weighted by molar-refractivity contribution is 6.69. The zero-order valence-corrected chi connectivity index (χ0v) is 12.8. The molecular weight excluding hydrogens is 216 g/mol. The van der Waals surface area contributed by atoms with Crippen molar-refractivity contribution < 1.29 is 21.2 Å². The van der Waals surface area contributed by atoms with Crippen molar-refractivity contribution in [1.82, 2.24) is 0 Å². The quantitative estimate of drug-likeness (QED) is 0.681. The van der Waals surface area contributed by atoms with Crippen LogP contribution in [0.25, 0.3) is 0 Å². The van der Waals surface area contributed by atoms with Gasteiger partial charge in [0.15, 0.2) is 16.6 Å². The summed E-state index contributed by atoms with van der Waals surface area (Å²) in [5.74, 6) is 0. The van der Waals surface area contributed by atoms with Gasteiger partial charge in [-0.25, -0.2) is 0 Å². The molecule has 0 bridgehead atoms. The molecule has 0 saturated carbocycles. The molecule has 4 nitrogen and oxygen atoms in total. The molecule has 92 valence electrons. The predicted molar refractivity (Wildman–Crippen MR) is 68.8 cm³/mol. The molecule has 0 unspecified atom stereocenters. The average Bonchev–Trinajstić information content (AvgIpc) is 1.87. The van der Waals surface area contributed by atoms with E-state index in [1.807, 2.05) is 19.6 Å². The van der Waals surface area contributed by atoms with Gasteiger partial charge in [-0.2, -0.15) is 0 Å². The molecule has 0 heterocycles. The fourth-order valence-electron chi connectivity index (χ4n) is 0. The molecule has 0 aromatic carbocycles. The van der Waals surface area contributed by atoms with E-state index in [0.717, 1.165) is 7.11 Å². The Morgan fingerprint density at radius 2 is 1.00 bits per heavy atom. The minimum absolute atomic E-state index is 0. The van der Waals surface area contributed by atoms with Crippen molar-refractivity contribution >= 4 is 16.6 Å². The van der Waals surface area contributed by atoms with E-state index in [2.05, 4.69) is 19.6 Å². The zero-order valence-electron chi connectivity index (χ0n) is 11.8. The van der Waals surface area contributed by atoms with Crippen molar-refractivity contribution in [2.24, 2.45) is 0 Å². The molecule has 0 radical (unpaired) electrons. The maximum atomic E-state index is 8.66. The van der Waals surface area contributed by atoms with Crippen LogP contribution in [0.4, 0.5) is 0 Å². The number of hydrogen-bond acceptors (Lipinski definition) is 3. The van der Waals surface area contributed by atoms with E-state index >= 15 is 0 Å². The Bertz CT molecular complexity index is 95.8. The zero-order chi connectivity index (χ0) is 11.7. The van der Waals surface area contributed by atoms with Crippen molar-refractivity contribution in [3.63, 3.8) is 0 Å². The lowest BCUT2D eigenvalue weighted by atomic mass is 11.8. The number of hydrogen-bond donors (Lipinski definition) is 2. The molecule has 0 aliphatic carbocycles. The number of rotatable bonds is 1. The first-order valence-electron chi connectivity index (χ1n) is 4.28. The van der Waals surface area contributed by atoms with Gasteiger partial charge in [0.1, 0.15) is 0 Å². The van der Waals surface area contributed by atoms with Crippen LogP contribution in [-0.4, -0.2) is 46.2 Å². The third-order valence-electron chi connectivity index (χ3n) is 0.612. The summed E-state index contributed by atoms with van der Waals surface area (Å²) >= 11 is 0. The summed E-state index contributed by atoms with van der Waals surface area (Å²) in [7, 11) is 0.0278. The molecule has 0 aliphatic rings. The molecular formula is C8H29O4Si2+. The minimum atomic E-state index is -1.61. The monoisotopic (exact) mass is 245 g/mol. The van der Waals surface area contributed by atoms with E-state index in [1.165, 1.54) is 0 Å². The Morgan fingerprint density at radius 3 is 1.00 bits per heavy atom. The molecule has 0 spiro atoms. The van der Waals surface area contributed by atoms with Crippen LogP contribution >= 0.6 is 0 Å². The van der Waals surface area contributed by atoms with Crippen molar-refractivity contribution in [3.8, 4) is 0 Å². The van der Waals surface area contributed by atoms with Gasteiger partial charge < -0.3 is 19.8 Å². The molecule has 4 N–H and O–H groups in total. The normalized spacial score (nSPS) is 9.86. The summed E-state index contributed by atoms with van der Waals surface area (Å²) in [5, 5.41) is 7.00. The standard InChI is InChI=1S/C4H12OSi.C3H10OSi.CH4O.H2O/c1-5-6(2,3)4;1-5(2,3)4;1-2;/h1-4H3;4H,1-3H3;2H,1H3;1H2/p+1. The Kier molecular flexibility index (Phi) is 19.3. The minimum Gasteiger partial charge on any atom is -0.433 e. The van der Waals surface area contributed by atoms with Gasteiger partial charge in [0, 0.05) is 14.2 Å². The smallest absolute Gasteiger partial charge is 0.433 e. The molecule has 0 atom stereocenters.